The van der Waals surface area contributed by atoms with E-state index in [0.717, 1.165) is 32.8 Å². The average Bonchev–Trinajstić information content (AvgIpc) is 2.27. The van der Waals surface area contributed by atoms with E-state index < -0.39 is 0 Å². The topological polar surface area (TPSA) is 58.8 Å². The Morgan fingerprint density at radius 1 is 1.39 bits per heavy atom. The molecule has 110 valence electrons. The number of hydrogen-bond donors (Lipinski definition) is 1. The van der Waals surface area contributed by atoms with Gasteiger partial charge in [-0.2, -0.15) is 0 Å². The molecular weight excluding hydrogens is 277 g/mol. The lowest BCUT2D eigenvalue weighted by Crippen LogP contribution is -2.54. The number of amides is 1. The Morgan fingerprint density at radius 3 is 2.56 bits per heavy atom. The van der Waals surface area contributed by atoms with Crippen molar-refractivity contribution in [2.75, 3.05) is 46.4 Å². The van der Waals surface area contributed by atoms with Gasteiger partial charge in [-0.3, -0.25) is 9.69 Å². The maximum atomic E-state index is 11.7. The second-order valence-electron chi connectivity index (χ2n) is 4.26. The highest BCUT2D eigenvalue weighted by molar-refractivity contribution is 5.85. The van der Waals surface area contributed by atoms with E-state index in [2.05, 4.69) is 11.8 Å². The highest BCUT2D eigenvalue weighted by atomic mass is 35.5. The third-order valence-corrected chi connectivity index (χ3v) is 3.06. The Morgan fingerprint density at radius 2 is 2.06 bits per heavy atom. The summed E-state index contributed by atoms with van der Waals surface area (Å²) in [6, 6.07) is 0.408. The smallest absolute Gasteiger partial charge is 0.223 e. The lowest BCUT2D eigenvalue weighted by atomic mass is 10.2. The zero-order valence-electron chi connectivity index (χ0n) is 11.1. The van der Waals surface area contributed by atoms with Crippen LogP contribution in [-0.4, -0.2) is 68.2 Å². The van der Waals surface area contributed by atoms with Gasteiger partial charge in [-0.05, 0) is 6.92 Å². The van der Waals surface area contributed by atoms with E-state index in [0.29, 0.717) is 19.0 Å². The number of rotatable bonds is 5. The zero-order chi connectivity index (χ0) is 12.0. The lowest BCUT2D eigenvalue weighted by Gasteiger charge is -2.39. The normalized spacial score (nSPS) is 19.9. The van der Waals surface area contributed by atoms with Crippen LogP contribution in [0.1, 0.15) is 13.3 Å². The second kappa shape index (κ2) is 10.8. The van der Waals surface area contributed by atoms with Crippen LogP contribution in [0.3, 0.4) is 0 Å². The van der Waals surface area contributed by atoms with Crippen LogP contribution >= 0.6 is 24.8 Å². The molecule has 1 aliphatic heterocycles. The molecule has 0 bridgehead atoms. The first kappa shape index (κ1) is 20.3. The van der Waals surface area contributed by atoms with Crippen molar-refractivity contribution in [3.05, 3.63) is 0 Å². The summed E-state index contributed by atoms with van der Waals surface area (Å²) in [5, 5.41) is 0. The molecule has 0 radical (unpaired) electrons. The van der Waals surface area contributed by atoms with E-state index in [1.807, 2.05) is 4.90 Å². The van der Waals surface area contributed by atoms with Crippen molar-refractivity contribution >= 4 is 30.7 Å². The number of carbonyl (C=O) groups excluding carboxylic acids is 1. The summed E-state index contributed by atoms with van der Waals surface area (Å²) < 4.78 is 5.07. The minimum absolute atomic E-state index is 0. The van der Waals surface area contributed by atoms with E-state index in [1.165, 1.54) is 0 Å². The number of ether oxygens (including phenoxy) is 1. The fourth-order valence-corrected chi connectivity index (χ4v) is 2.04. The summed E-state index contributed by atoms with van der Waals surface area (Å²) >= 11 is 0. The largest absolute Gasteiger partial charge is 0.383 e. The molecule has 0 aromatic rings. The van der Waals surface area contributed by atoms with Gasteiger partial charge in [0.1, 0.15) is 0 Å². The molecule has 7 heteroatoms. The van der Waals surface area contributed by atoms with Crippen molar-refractivity contribution in [3.63, 3.8) is 0 Å². The maximum Gasteiger partial charge on any atom is 0.223 e. The van der Waals surface area contributed by atoms with Gasteiger partial charge in [-0.25, -0.2) is 0 Å². The SMILES string of the molecule is COCCN1CCN(C(=O)CCN)CC1C.Cl.Cl. The van der Waals surface area contributed by atoms with Crippen LogP contribution in [0.5, 0.6) is 0 Å². The minimum atomic E-state index is 0. The van der Waals surface area contributed by atoms with Crippen molar-refractivity contribution in [3.8, 4) is 0 Å². The van der Waals surface area contributed by atoms with Crippen LogP contribution in [0, 0.1) is 0 Å². The quantitative estimate of drug-likeness (QED) is 0.796. The maximum absolute atomic E-state index is 11.7. The monoisotopic (exact) mass is 301 g/mol. The molecule has 1 unspecified atom stereocenters. The van der Waals surface area contributed by atoms with Gasteiger partial charge in [-0.1, -0.05) is 0 Å². The molecule has 5 nitrogen and oxygen atoms in total. The Bertz CT molecular complexity index is 232. The predicted octanol–water partition coefficient (Wildman–Crippen LogP) is 0.358. The van der Waals surface area contributed by atoms with Crippen molar-refractivity contribution in [2.24, 2.45) is 5.73 Å². The molecule has 1 rings (SSSR count). The Hall–Kier alpha value is -0.0700. The molecule has 1 amide bonds. The summed E-state index contributed by atoms with van der Waals surface area (Å²) in [5.41, 5.74) is 5.39. The zero-order valence-corrected chi connectivity index (χ0v) is 12.8. The highest BCUT2D eigenvalue weighted by Gasteiger charge is 2.25. The Balaban J connectivity index is 0. The molecule has 2 N–H and O–H groups in total. The second-order valence-corrected chi connectivity index (χ2v) is 4.26. The molecule has 0 saturated carbocycles. The number of carbonyl (C=O) groups is 1. The van der Waals surface area contributed by atoms with E-state index in [1.54, 1.807) is 7.11 Å². The summed E-state index contributed by atoms with van der Waals surface area (Å²) in [4.78, 5) is 15.9. The molecule has 0 aromatic carbocycles. The molecule has 1 fully saturated rings. The fraction of sp³-hybridized carbons (Fsp3) is 0.909. The van der Waals surface area contributed by atoms with Crippen molar-refractivity contribution in [1.82, 2.24) is 9.80 Å². The molecule has 0 aliphatic carbocycles. The summed E-state index contributed by atoms with van der Waals surface area (Å²) in [5.74, 6) is 0.181. The third kappa shape index (κ3) is 6.20. The molecule has 18 heavy (non-hydrogen) atoms. The van der Waals surface area contributed by atoms with Crippen molar-refractivity contribution in [1.29, 1.82) is 0 Å². The standard InChI is InChI=1S/C11H23N3O2.2ClH/c1-10-9-14(11(15)3-4-12)6-5-13(10)7-8-16-2;;/h10H,3-9,12H2,1-2H3;2*1H. The molecule has 1 aliphatic rings. The van der Waals surface area contributed by atoms with E-state index in [-0.39, 0.29) is 30.7 Å². The number of nitrogens with two attached hydrogens (primary N) is 1. The molecular formula is C11H25Cl2N3O2. The highest BCUT2D eigenvalue weighted by Crippen LogP contribution is 2.09. The molecule has 0 spiro atoms. The van der Waals surface area contributed by atoms with Gasteiger partial charge in [-0.15, -0.1) is 24.8 Å². The van der Waals surface area contributed by atoms with Gasteiger partial charge >= 0.3 is 0 Å². The first-order chi connectivity index (χ1) is 7.69. The predicted molar refractivity (Wildman–Crippen MR) is 77.7 cm³/mol. The molecule has 1 atom stereocenters. The first-order valence-electron chi connectivity index (χ1n) is 5.90. The van der Waals surface area contributed by atoms with Gasteiger partial charge < -0.3 is 15.4 Å². The average molecular weight is 302 g/mol. The molecule has 1 saturated heterocycles. The number of nitrogens with zero attached hydrogens (tertiary/aromatic N) is 2. The van der Waals surface area contributed by atoms with Crippen LogP contribution in [-0.2, 0) is 9.53 Å². The Kier molecular flexibility index (Phi) is 12.2. The number of hydrogen-bond acceptors (Lipinski definition) is 4. The van der Waals surface area contributed by atoms with E-state index in [9.17, 15) is 4.79 Å². The van der Waals surface area contributed by atoms with Crippen LogP contribution in [0.4, 0.5) is 0 Å². The van der Waals surface area contributed by atoms with Gasteiger partial charge in [0.05, 0.1) is 6.61 Å². The number of piperazine rings is 1. The van der Waals surface area contributed by atoms with Crippen LogP contribution in [0.2, 0.25) is 0 Å². The number of methoxy groups -OCH3 is 1. The van der Waals surface area contributed by atoms with Gasteiger partial charge in [0.25, 0.3) is 0 Å². The van der Waals surface area contributed by atoms with Gasteiger partial charge in [0.15, 0.2) is 0 Å². The van der Waals surface area contributed by atoms with Crippen molar-refractivity contribution in [2.45, 2.75) is 19.4 Å². The first-order valence-corrected chi connectivity index (χ1v) is 5.90. The summed E-state index contributed by atoms with van der Waals surface area (Å²) in [6.45, 7) is 6.84. The van der Waals surface area contributed by atoms with Crippen molar-refractivity contribution < 1.29 is 9.53 Å². The van der Waals surface area contributed by atoms with E-state index >= 15 is 0 Å². The fourth-order valence-electron chi connectivity index (χ4n) is 2.04. The molecule has 0 aromatic heterocycles. The van der Waals surface area contributed by atoms with E-state index in [4.69, 9.17) is 10.5 Å². The van der Waals surface area contributed by atoms with Gasteiger partial charge in [0.2, 0.25) is 5.91 Å². The Labute approximate surface area is 122 Å². The molecule has 1 heterocycles. The van der Waals surface area contributed by atoms with Crippen LogP contribution < -0.4 is 5.73 Å². The summed E-state index contributed by atoms with van der Waals surface area (Å²) in [7, 11) is 1.71. The third-order valence-electron chi connectivity index (χ3n) is 3.06. The lowest BCUT2D eigenvalue weighted by molar-refractivity contribution is -0.133. The van der Waals surface area contributed by atoms with Crippen LogP contribution in [0.15, 0.2) is 0 Å². The number of halogens is 2. The summed E-state index contributed by atoms with van der Waals surface area (Å²) in [6.07, 6.45) is 0.463. The van der Waals surface area contributed by atoms with Crippen LogP contribution in [0.25, 0.3) is 0 Å². The minimum Gasteiger partial charge on any atom is -0.383 e. The van der Waals surface area contributed by atoms with Gasteiger partial charge in [0, 0.05) is 52.3 Å².